The van der Waals surface area contributed by atoms with Gasteiger partial charge in [-0.3, -0.25) is 9.59 Å². The normalized spacial score (nSPS) is 9.26. The molecule has 0 spiro atoms. The molecular weight excluding hydrogens is 258 g/mol. The number of carboxylic acids is 2. The molecule has 1 aromatic rings. The number of anilines is 1. The minimum atomic E-state index is -1.28. The van der Waals surface area contributed by atoms with Crippen LogP contribution in [0.3, 0.4) is 0 Å². The van der Waals surface area contributed by atoms with Gasteiger partial charge in [-0.1, -0.05) is 0 Å². The van der Waals surface area contributed by atoms with Gasteiger partial charge in [0.05, 0.1) is 6.42 Å². The highest BCUT2D eigenvalue weighted by atomic mass is 16.4. The number of aliphatic carboxylic acids is 1. The Morgan fingerprint density at radius 1 is 1.11 bits per heavy atom. The van der Waals surface area contributed by atoms with Gasteiger partial charge in [0.2, 0.25) is 5.91 Å². The minimum Gasteiger partial charge on any atom is -0.507 e. The summed E-state index contributed by atoms with van der Waals surface area (Å²) in [6, 6.07) is 3.54. The topological polar surface area (TPSA) is 155 Å². The number of carbonyl (C=O) groups is 3. The first-order chi connectivity index (χ1) is 8.40. The van der Waals surface area contributed by atoms with Gasteiger partial charge in [-0.15, -0.1) is 0 Å². The fourth-order valence-corrected chi connectivity index (χ4v) is 1.23. The monoisotopic (exact) mass is 271 g/mol. The number of carboxylic acid groups (broad SMARTS) is 2. The Labute approximate surface area is 107 Å². The van der Waals surface area contributed by atoms with Crippen molar-refractivity contribution in [3.8, 4) is 5.75 Å². The quantitative estimate of drug-likeness (QED) is 0.593. The SMILES string of the molecule is O.O=C(O)CCC(=O)Nc1ccc(C(=O)O)c(O)c1. The van der Waals surface area contributed by atoms with Gasteiger partial charge in [-0.2, -0.15) is 0 Å². The molecule has 0 radical (unpaired) electrons. The number of aromatic carboxylic acids is 1. The Bertz CT molecular complexity index is 498. The van der Waals surface area contributed by atoms with E-state index in [9.17, 15) is 19.5 Å². The molecule has 19 heavy (non-hydrogen) atoms. The Hall–Kier alpha value is -2.61. The summed E-state index contributed by atoms with van der Waals surface area (Å²) in [5, 5.41) is 28.8. The molecule has 8 nitrogen and oxygen atoms in total. The Kier molecular flexibility index (Phi) is 6.01. The number of phenols is 1. The van der Waals surface area contributed by atoms with Crippen molar-refractivity contribution in [3.05, 3.63) is 23.8 Å². The fourth-order valence-electron chi connectivity index (χ4n) is 1.23. The molecule has 0 heterocycles. The molecule has 0 saturated heterocycles. The standard InChI is InChI=1S/C11H11NO6.H2O/c13-8-5-6(1-2-7(8)11(17)18)12-9(14)3-4-10(15)16;/h1-2,5,13H,3-4H2,(H,12,14)(H,15,16)(H,17,18);1H2. The molecule has 1 amide bonds. The molecule has 0 aromatic heterocycles. The number of rotatable bonds is 5. The molecule has 6 N–H and O–H groups in total. The van der Waals surface area contributed by atoms with Crippen LogP contribution in [-0.4, -0.2) is 38.6 Å². The van der Waals surface area contributed by atoms with E-state index < -0.39 is 23.6 Å². The van der Waals surface area contributed by atoms with Gasteiger partial charge < -0.3 is 26.1 Å². The molecule has 0 atom stereocenters. The van der Waals surface area contributed by atoms with Crippen molar-refractivity contribution in [1.29, 1.82) is 0 Å². The van der Waals surface area contributed by atoms with Crippen LogP contribution >= 0.6 is 0 Å². The summed E-state index contributed by atoms with van der Waals surface area (Å²) >= 11 is 0. The number of amides is 1. The first-order valence-corrected chi connectivity index (χ1v) is 4.98. The van der Waals surface area contributed by atoms with Crippen molar-refractivity contribution >= 4 is 23.5 Å². The zero-order chi connectivity index (χ0) is 13.7. The molecule has 0 fully saturated rings. The van der Waals surface area contributed by atoms with Crippen LogP contribution in [0.5, 0.6) is 5.75 Å². The third-order valence-electron chi connectivity index (χ3n) is 2.08. The van der Waals surface area contributed by atoms with Gasteiger partial charge >= 0.3 is 11.9 Å². The zero-order valence-electron chi connectivity index (χ0n) is 9.71. The predicted octanol–water partition coefficient (Wildman–Crippen LogP) is 0.0690. The van der Waals surface area contributed by atoms with E-state index in [1.165, 1.54) is 6.07 Å². The average molecular weight is 271 g/mol. The molecule has 1 rings (SSSR count). The molecule has 0 aliphatic heterocycles. The highest BCUT2D eigenvalue weighted by Gasteiger charge is 2.11. The lowest BCUT2D eigenvalue weighted by Crippen LogP contribution is -2.13. The van der Waals surface area contributed by atoms with Crippen molar-refractivity contribution in [2.75, 3.05) is 5.32 Å². The summed E-state index contributed by atoms with van der Waals surface area (Å²) in [6.45, 7) is 0. The smallest absolute Gasteiger partial charge is 0.339 e. The summed E-state index contributed by atoms with van der Waals surface area (Å²) in [5.74, 6) is -3.37. The number of nitrogens with one attached hydrogen (secondary N) is 1. The van der Waals surface area contributed by atoms with E-state index in [1.807, 2.05) is 0 Å². The first kappa shape index (κ1) is 16.4. The lowest BCUT2D eigenvalue weighted by molar-refractivity contribution is -0.138. The maximum absolute atomic E-state index is 11.3. The van der Waals surface area contributed by atoms with Crippen molar-refractivity contribution in [2.24, 2.45) is 0 Å². The van der Waals surface area contributed by atoms with E-state index in [2.05, 4.69) is 5.32 Å². The molecule has 8 heteroatoms. The summed E-state index contributed by atoms with van der Waals surface area (Å²) in [6.07, 6.45) is -0.498. The molecule has 0 aliphatic rings. The van der Waals surface area contributed by atoms with Gasteiger partial charge in [0, 0.05) is 18.2 Å². The summed E-state index contributed by atoms with van der Waals surface area (Å²) in [4.78, 5) is 32.1. The highest BCUT2D eigenvalue weighted by Crippen LogP contribution is 2.22. The van der Waals surface area contributed by atoms with Crippen LogP contribution in [0.4, 0.5) is 5.69 Å². The second-order valence-electron chi connectivity index (χ2n) is 3.48. The fraction of sp³-hybridized carbons (Fsp3) is 0.182. The van der Waals surface area contributed by atoms with E-state index in [0.717, 1.165) is 12.1 Å². The summed E-state index contributed by atoms with van der Waals surface area (Å²) in [5.41, 5.74) is -0.0774. The van der Waals surface area contributed by atoms with Crippen LogP contribution in [0.15, 0.2) is 18.2 Å². The maximum atomic E-state index is 11.3. The highest BCUT2D eigenvalue weighted by molar-refractivity contribution is 5.95. The third kappa shape index (κ3) is 5.04. The van der Waals surface area contributed by atoms with Gasteiger partial charge in [-0.05, 0) is 12.1 Å². The molecule has 1 aromatic carbocycles. The molecule has 0 bridgehead atoms. The zero-order valence-corrected chi connectivity index (χ0v) is 9.71. The van der Waals surface area contributed by atoms with Crippen molar-refractivity contribution in [2.45, 2.75) is 12.8 Å². The van der Waals surface area contributed by atoms with Gasteiger partial charge in [0.25, 0.3) is 0 Å². The Balaban J connectivity index is 0.00000324. The molecule has 104 valence electrons. The minimum absolute atomic E-state index is 0. The molecule has 0 aliphatic carbocycles. The van der Waals surface area contributed by atoms with E-state index in [1.54, 1.807) is 0 Å². The van der Waals surface area contributed by atoms with Crippen LogP contribution in [0.1, 0.15) is 23.2 Å². The van der Waals surface area contributed by atoms with E-state index in [4.69, 9.17) is 10.2 Å². The lowest BCUT2D eigenvalue weighted by Gasteiger charge is -2.06. The van der Waals surface area contributed by atoms with Crippen LogP contribution in [0, 0.1) is 0 Å². The van der Waals surface area contributed by atoms with Crippen molar-refractivity contribution in [1.82, 2.24) is 0 Å². The van der Waals surface area contributed by atoms with E-state index >= 15 is 0 Å². The lowest BCUT2D eigenvalue weighted by atomic mass is 10.2. The second-order valence-corrected chi connectivity index (χ2v) is 3.48. The molecule has 0 unspecified atom stereocenters. The van der Waals surface area contributed by atoms with Crippen LogP contribution in [0.25, 0.3) is 0 Å². The number of carbonyl (C=O) groups excluding carboxylic acids is 1. The van der Waals surface area contributed by atoms with Gasteiger partial charge in [0.1, 0.15) is 11.3 Å². The van der Waals surface area contributed by atoms with E-state index in [0.29, 0.717) is 0 Å². The van der Waals surface area contributed by atoms with Crippen LogP contribution < -0.4 is 5.32 Å². The predicted molar refractivity (Wildman–Crippen MR) is 64.2 cm³/mol. The van der Waals surface area contributed by atoms with Crippen molar-refractivity contribution < 1.29 is 35.2 Å². The van der Waals surface area contributed by atoms with E-state index in [-0.39, 0.29) is 29.6 Å². The van der Waals surface area contributed by atoms with Crippen LogP contribution in [0.2, 0.25) is 0 Å². The maximum Gasteiger partial charge on any atom is 0.339 e. The average Bonchev–Trinajstić information content (AvgIpc) is 2.26. The third-order valence-corrected chi connectivity index (χ3v) is 2.08. The summed E-state index contributed by atoms with van der Waals surface area (Å²) < 4.78 is 0. The molecular formula is C11H13NO7. The van der Waals surface area contributed by atoms with Gasteiger partial charge in [0.15, 0.2) is 0 Å². The Morgan fingerprint density at radius 2 is 1.74 bits per heavy atom. The number of hydrogen-bond donors (Lipinski definition) is 4. The molecule has 0 saturated carbocycles. The van der Waals surface area contributed by atoms with Crippen LogP contribution in [-0.2, 0) is 9.59 Å². The number of aromatic hydroxyl groups is 1. The number of benzene rings is 1. The largest absolute Gasteiger partial charge is 0.507 e. The van der Waals surface area contributed by atoms with Gasteiger partial charge in [-0.25, -0.2) is 4.79 Å². The first-order valence-electron chi connectivity index (χ1n) is 4.98. The Morgan fingerprint density at radius 3 is 2.21 bits per heavy atom. The summed E-state index contributed by atoms with van der Waals surface area (Å²) in [7, 11) is 0. The number of hydrogen-bond acceptors (Lipinski definition) is 4. The van der Waals surface area contributed by atoms with Crippen molar-refractivity contribution in [3.63, 3.8) is 0 Å². The second kappa shape index (κ2) is 6.97.